The third-order valence-electron chi connectivity index (χ3n) is 3.61. The molecule has 0 amide bonds. The fourth-order valence-corrected chi connectivity index (χ4v) is 2.41. The molecule has 1 heterocycles. The van der Waals surface area contributed by atoms with Crippen LogP contribution < -0.4 is 0 Å². The van der Waals surface area contributed by atoms with Crippen molar-refractivity contribution in [3.05, 3.63) is 94.5 Å². The van der Waals surface area contributed by atoms with E-state index in [1.54, 1.807) is 30.3 Å². The largest absolute Gasteiger partial charge is 0.456 e. The highest BCUT2D eigenvalue weighted by molar-refractivity contribution is 5.86. The second-order valence-corrected chi connectivity index (χ2v) is 5.23. The van der Waals surface area contributed by atoms with Gasteiger partial charge in [-0.15, -0.1) is 0 Å². The summed E-state index contributed by atoms with van der Waals surface area (Å²) in [6.07, 6.45) is 3.87. The van der Waals surface area contributed by atoms with Gasteiger partial charge in [0.2, 0.25) is 5.82 Å². The standard InChI is InChI=1S/C19H9F5O2/c20-15-14(16(21)18(23)19(24)17(15)22)13-9-11(8-12(26-13)6-7-25)10-4-2-1-3-5-10/h1-9H/b12-6+. The third-order valence-corrected chi connectivity index (χ3v) is 3.61. The smallest absolute Gasteiger partial charge is 0.200 e. The number of carbonyl (C=O) groups excluding carboxylic acids is 1. The summed E-state index contributed by atoms with van der Waals surface area (Å²) < 4.78 is 73.5. The lowest BCUT2D eigenvalue weighted by atomic mass is 10.00. The minimum Gasteiger partial charge on any atom is -0.456 e. The lowest BCUT2D eigenvalue weighted by molar-refractivity contribution is -0.104. The number of carbonyl (C=O) groups is 1. The summed E-state index contributed by atoms with van der Waals surface area (Å²) in [5.41, 5.74) is -0.252. The Hall–Kier alpha value is -3.22. The van der Waals surface area contributed by atoms with Gasteiger partial charge >= 0.3 is 0 Å². The lowest BCUT2D eigenvalue weighted by Crippen LogP contribution is -2.09. The Morgan fingerprint density at radius 2 is 1.35 bits per heavy atom. The first kappa shape index (κ1) is 17.6. The van der Waals surface area contributed by atoms with E-state index in [-0.39, 0.29) is 5.76 Å². The Balaban J connectivity index is 2.22. The van der Waals surface area contributed by atoms with E-state index in [2.05, 4.69) is 0 Å². The minimum atomic E-state index is -2.26. The highest BCUT2D eigenvalue weighted by Crippen LogP contribution is 2.35. The average Bonchev–Trinajstić information content (AvgIpc) is 2.66. The molecule has 132 valence electrons. The molecule has 0 saturated heterocycles. The van der Waals surface area contributed by atoms with Crippen molar-refractivity contribution in [3.8, 4) is 0 Å². The van der Waals surface area contributed by atoms with Crippen LogP contribution in [0.4, 0.5) is 22.0 Å². The third kappa shape index (κ3) is 3.03. The van der Waals surface area contributed by atoms with E-state index >= 15 is 0 Å². The number of allylic oxidation sites excluding steroid dienone is 4. The number of halogens is 5. The Labute approximate surface area is 144 Å². The molecule has 1 aliphatic rings. The molecular weight excluding hydrogens is 355 g/mol. The first-order valence-corrected chi connectivity index (χ1v) is 7.28. The molecule has 2 nitrogen and oxygen atoms in total. The Kier molecular flexibility index (Phi) is 4.71. The van der Waals surface area contributed by atoms with E-state index in [4.69, 9.17) is 4.74 Å². The van der Waals surface area contributed by atoms with Gasteiger partial charge in [0, 0.05) is 6.08 Å². The van der Waals surface area contributed by atoms with Gasteiger partial charge in [0.05, 0.1) is 5.56 Å². The number of benzene rings is 2. The van der Waals surface area contributed by atoms with Crippen LogP contribution in [0.25, 0.3) is 11.3 Å². The van der Waals surface area contributed by atoms with Gasteiger partial charge in [0.15, 0.2) is 23.3 Å². The molecule has 0 spiro atoms. The Morgan fingerprint density at radius 3 is 1.92 bits per heavy atom. The average molecular weight is 364 g/mol. The molecule has 0 aliphatic carbocycles. The SMILES string of the molecule is O=C/C=C1\C=C(c2ccccc2)C=C(c2c(F)c(F)c(F)c(F)c2F)O1. The fourth-order valence-electron chi connectivity index (χ4n) is 2.41. The molecule has 2 aromatic carbocycles. The van der Waals surface area contributed by atoms with Gasteiger partial charge in [-0.3, -0.25) is 4.79 Å². The van der Waals surface area contributed by atoms with Crippen LogP contribution in [-0.2, 0) is 9.53 Å². The number of rotatable bonds is 3. The highest BCUT2D eigenvalue weighted by atomic mass is 19.2. The highest BCUT2D eigenvalue weighted by Gasteiger charge is 2.30. The zero-order chi connectivity index (χ0) is 18.8. The van der Waals surface area contributed by atoms with E-state index in [0.29, 0.717) is 17.4 Å². The summed E-state index contributed by atoms with van der Waals surface area (Å²) in [6, 6.07) is 8.46. The van der Waals surface area contributed by atoms with Crippen molar-refractivity contribution in [2.45, 2.75) is 0 Å². The predicted molar refractivity (Wildman–Crippen MR) is 83.9 cm³/mol. The molecular formula is C19H9F5O2. The van der Waals surface area contributed by atoms with Gasteiger partial charge in [0.1, 0.15) is 17.8 Å². The summed E-state index contributed by atoms with van der Waals surface area (Å²) in [5.74, 6) is -11.2. The first-order valence-electron chi connectivity index (χ1n) is 7.28. The van der Waals surface area contributed by atoms with Crippen LogP contribution in [0.2, 0.25) is 0 Å². The number of ether oxygens (including phenoxy) is 1. The van der Waals surface area contributed by atoms with Crippen molar-refractivity contribution in [1.29, 1.82) is 0 Å². The van der Waals surface area contributed by atoms with Crippen LogP contribution in [0.15, 0.2) is 54.3 Å². The maximum atomic E-state index is 14.1. The zero-order valence-corrected chi connectivity index (χ0v) is 12.9. The van der Waals surface area contributed by atoms with Crippen LogP contribution in [0.3, 0.4) is 0 Å². The van der Waals surface area contributed by atoms with Gasteiger partial charge < -0.3 is 4.74 Å². The molecule has 0 aromatic heterocycles. The maximum absolute atomic E-state index is 14.1. The molecule has 2 aromatic rings. The van der Waals surface area contributed by atoms with Crippen LogP contribution in [0.1, 0.15) is 11.1 Å². The van der Waals surface area contributed by atoms with E-state index in [0.717, 1.165) is 12.2 Å². The zero-order valence-electron chi connectivity index (χ0n) is 12.9. The number of hydrogen-bond donors (Lipinski definition) is 0. The normalized spacial score (nSPS) is 15.3. The molecule has 26 heavy (non-hydrogen) atoms. The minimum absolute atomic E-state index is 0.111. The van der Waals surface area contributed by atoms with Crippen molar-refractivity contribution in [1.82, 2.24) is 0 Å². The number of aldehydes is 1. The lowest BCUT2D eigenvalue weighted by Gasteiger charge is -2.19. The van der Waals surface area contributed by atoms with E-state index < -0.39 is 40.4 Å². The van der Waals surface area contributed by atoms with E-state index in [1.807, 2.05) is 0 Å². The molecule has 1 aliphatic heterocycles. The van der Waals surface area contributed by atoms with E-state index in [9.17, 15) is 26.7 Å². The topological polar surface area (TPSA) is 26.3 Å². The summed E-state index contributed by atoms with van der Waals surface area (Å²) in [4.78, 5) is 10.7. The molecule has 0 bridgehead atoms. The molecule has 0 saturated carbocycles. The monoisotopic (exact) mass is 364 g/mol. The van der Waals surface area contributed by atoms with E-state index in [1.165, 1.54) is 6.08 Å². The maximum Gasteiger partial charge on any atom is 0.200 e. The predicted octanol–water partition coefficient (Wildman–Crippen LogP) is 4.92. The second-order valence-electron chi connectivity index (χ2n) is 5.23. The Bertz CT molecular complexity index is 946. The van der Waals surface area contributed by atoms with Gasteiger partial charge in [-0.05, 0) is 23.3 Å². The van der Waals surface area contributed by atoms with Gasteiger partial charge in [0.25, 0.3) is 0 Å². The molecule has 0 fully saturated rings. The molecule has 7 heteroatoms. The van der Waals surface area contributed by atoms with Crippen molar-refractivity contribution >= 4 is 17.6 Å². The van der Waals surface area contributed by atoms with Crippen LogP contribution in [-0.4, -0.2) is 6.29 Å². The quantitative estimate of drug-likeness (QED) is 0.254. The first-order chi connectivity index (χ1) is 12.4. The molecule has 0 atom stereocenters. The van der Waals surface area contributed by atoms with Crippen molar-refractivity contribution in [2.24, 2.45) is 0 Å². The summed E-state index contributed by atoms with van der Waals surface area (Å²) >= 11 is 0. The van der Waals surface area contributed by atoms with Crippen molar-refractivity contribution in [3.63, 3.8) is 0 Å². The van der Waals surface area contributed by atoms with Gasteiger partial charge in [-0.25, -0.2) is 22.0 Å². The van der Waals surface area contributed by atoms with Gasteiger partial charge in [-0.2, -0.15) is 0 Å². The fraction of sp³-hybridized carbons (Fsp3) is 0. The molecule has 3 rings (SSSR count). The summed E-state index contributed by atoms with van der Waals surface area (Å²) in [7, 11) is 0. The van der Waals surface area contributed by atoms with Crippen LogP contribution in [0.5, 0.6) is 0 Å². The summed E-state index contributed by atoms with van der Waals surface area (Å²) in [6.45, 7) is 0. The second kappa shape index (κ2) is 6.95. The molecule has 0 N–H and O–H groups in total. The number of hydrogen-bond acceptors (Lipinski definition) is 2. The van der Waals surface area contributed by atoms with Crippen LogP contribution >= 0.6 is 0 Å². The van der Waals surface area contributed by atoms with Crippen molar-refractivity contribution < 1.29 is 31.5 Å². The van der Waals surface area contributed by atoms with Gasteiger partial charge in [-0.1, -0.05) is 30.3 Å². The Morgan fingerprint density at radius 1 is 0.769 bits per heavy atom. The van der Waals surface area contributed by atoms with Crippen molar-refractivity contribution in [2.75, 3.05) is 0 Å². The summed E-state index contributed by atoms with van der Waals surface area (Å²) in [5, 5.41) is 0. The molecule has 0 radical (unpaired) electrons. The molecule has 0 unspecified atom stereocenters. The van der Waals surface area contributed by atoms with Crippen LogP contribution in [0, 0.1) is 29.1 Å².